The first-order valence-corrected chi connectivity index (χ1v) is 8.99. The van der Waals surface area contributed by atoms with Crippen molar-refractivity contribution in [3.05, 3.63) is 76.1 Å². The molecule has 0 saturated heterocycles. The molecule has 3 aromatic rings. The molecule has 1 amide bonds. The minimum atomic E-state index is -0.780. The smallest absolute Gasteiger partial charge is 0.290 e. The molecule has 1 aliphatic rings. The lowest BCUT2D eigenvalue weighted by atomic mass is 9.86. The molecule has 1 unspecified atom stereocenters. The van der Waals surface area contributed by atoms with Crippen molar-refractivity contribution >= 4 is 34.2 Å². The van der Waals surface area contributed by atoms with Crippen molar-refractivity contribution in [1.82, 2.24) is 4.98 Å². The average molecular weight is 394 g/mol. The number of carbonyl (C=O) groups excluding carboxylic acids is 2. The van der Waals surface area contributed by atoms with E-state index in [-0.39, 0.29) is 5.78 Å². The molecule has 0 saturated carbocycles. The fourth-order valence-electron chi connectivity index (χ4n) is 3.45. The second-order valence-electron chi connectivity index (χ2n) is 6.49. The third-order valence-corrected chi connectivity index (χ3v) is 5.01. The van der Waals surface area contributed by atoms with E-state index in [2.05, 4.69) is 15.2 Å². The summed E-state index contributed by atoms with van der Waals surface area (Å²) >= 11 is 5.96. The number of Topliss-reactive ketones (excluding diaryl/α,β-unsaturated/α-hetero) is 1. The molecule has 1 N–H and O–H groups in total. The summed E-state index contributed by atoms with van der Waals surface area (Å²) in [7, 11) is 1.59. The number of H-pyrrole nitrogens is 1. The Morgan fingerprint density at radius 2 is 1.89 bits per heavy atom. The molecule has 0 aliphatic carbocycles. The molecular formula is C21H16ClN3O3. The van der Waals surface area contributed by atoms with Crippen molar-refractivity contribution < 1.29 is 14.3 Å². The molecule has 0 radical (unpaired) electrons. The van der Waals surface area contributed by atoms with E-state index in [0.717, 1.165) is 22.2 Å². The van der Waals surface area contributed by atoms with Gasteiger partial charge >= 0.3 is 0 Å². The number of ether oxygens (including phenoxy) is 1. The van der Waals surface area contributed by atoms with Gasteiger partial charge in [0.05, 0.1) is 18.7 Å². The molecule has 1 atom stereocenters. The first kappa shape index (κ1) is 18.1. The van der Waals surface area contributed by atoms with Gasteiger partial charge in [-0.15, -0.1) is 5.11 Å². The fraction of sp³-hybridized carbons (Fsp3) is 0.143. The SMILES string of the molecule is COc1ccc2[nH]c(C)c(C(C(=O)c3ccc(Cl)cc3)C3=CC(=O)N=N3)c2c1. The predicted molar refractivity (Wildman–Crippen MR) is 106 cm³/mol. The van der Waals surface area contributed by atoms with Crippen molar-refractivity contribution in [2.24, 2.45) is 10.2 Å². The van der Waals surface area contributed by atoms with Crippen LogP contribution in [-0.4, -0.2) is 23.8 Å². The summed E-state index contributed by atoms with van der Waals surface area (Å²) in [5, 5.41) is 8.91. The number of aromatic nitrogens is 1. The quantitative estimate of drug-likeness (QED) is 0.620. The lowest BCUT2D eigenvalue weighted by Gasteiger charge is -2.16. The van der Waals surface area contributed by atoms with Crippen LogP contribution in [-0.2, 0) is 4.79 Å². The van der Waals surface area contributed by atoms with E-state index in [1.165, 1.54) is 6.08 Å². The monoisotopic (exact) mass is 393 g/mol. The molecule has 1 aliphatic heterocycles. The molecule has 28 heavy (non-hydrogen) atoms. The maximum absolute atomic E-state index is 13.5. The minimum Gasteiger partial charge on any atom is -0.497 e. The molecular weight excluding hydrogens is 378 g/mol. The molecule has 2 aromatic carbocycles. The van der Waals surface area contributed by atoms with Crippen molar-refractivity contribution in [2.45, 2.75) is 12.8 Å². The Labute approximate surface area is 165 Å². The van der Waals surface area contributed by atoms with Crippen LogP contribution in [0.5, 0.6) is 5.75 Å². The molecule has 6 nitrogen and oxygen atoms in total. The topological polar surface area (TPSA) is 83.9 Å². The van der Waals surface area contributed by atoms with Crippen LogP contribution in [0.3, 0.4) is 0 Å². The summed E-state index contributed by atoms with van der Waals surface area (Å²) < 4.78 is 5.34. The van der Waals surface area contributed by atoms with Gasteiger partial charge in [0.2, 0.25) is 0 Å². The Bertz CT molecular complexity index is 1160. The molecule has 0 spiro atoms. The number of amides is 1. The first-order valence-electron chi connectivity index (χ1n) is 8.61. The number of methoxy groups -OCH3 is 1. The normalized spacial score (nSPS) is 14.4. The summed E-state index contributed by atoms with van der Waals surface area (Å²) in [5.74, 6) is -0.775. The zero-order chi connectivity index (χ0) is 19.8. The number of benzene rings is 2. The van der Waals surface area contributed by atoms with Crippen molar-refractivity contribution in [2.75, 3.05) is 7.11 Å². The molecule has 4 rings (SSSR count). The third-order valence-electron chi connectivity index (χ3n) is 4.75. The number of carbonyl (C=O) groups is 2. The maximum Gasteiger partial charge on any atom is 0.290 e. The highest BCUT2D eigenvalue weighted by atomic mass is 35.5. The van der Waals surface area contributed by atoms with Crippen LogP contribution in [0.4, 0.5) is 0 Å². The van der Waals surface area contributed by atoms with E-state index in [0.29, 0.717) is 22.0 Å². The lowest BCUT2D eigenvalue weighted by molar-refractivity contribution is -0.113. The number of nitrogens with zero attached hydrogens (tertiary/aromatic N) is 2. The standard InChI is InChI=1S/C21H16ClN3O3/c1-11-19(15-9-14(28-2)7-8-16(15)23-11)20(17-10-18(26)25-24-17)21(27)12-3-5-13(22)6-4-12/h3-10,20,23H,1-2H3. The number of hydrogen-bond acceptors (Lipinski definition) is 4. The minimum absolute atomic E-state index is 0.191. The molecule has 7 heteroatoms. The first-order chi connectivity index (χ1) is 13.5. The van der Waals surface area contributed by atoms with Gasteiger partial charge in [0, 0.05) is 33.3 Å². The van der Waals surface area contributed by atoms with Crippen LogP contribution >= 0.6 is 11.6 Å². The Kier molecular flexibility index (Phi) is 4.57. The van der Waals surface area contributed by atoms with Gasteiger partial charge in [0.25, 0.3) is 5.91 Å². The largest absolute Gasteiger partial charge is 0.497 e. The number of hydrogen-bond donors (Lipinski definition) is 1. The number of allylic oxidation sites excluding steroid dienone is 1. The molecule has 0 bridgehead atoms. The Balaban J connectivity index is 1.93. The van der Waals surface area contributed by atoms with Gasteiger partial charge < -0.3 is 9.72 Å². The third kappa shape index (κ3) is 3.12. The van der Waals surface area contributed by atoms with Gasteiger partial charge in [0.15, 0.2) is 5.78 Å². The zero-order valence-electron chi connectivity index (χ0n) is 15.2. The Morgan fingerprint density at radius 3 is 2.54 bits per heavy atom. The molecule has 140 valence electrons. The number of fused-ring (bicyclic) bond motifs is 1. The summed E-state index contributed by atoms with van der Waals surface area (Å²) in [4.78, 5) is 28.4. The number of aryl methyl sites for hydroxylation is 1. The summed E-state index contributed by atoms with van der Waals surface area (Å²) in [6.45, 7) is 1.89. The van der Waals surface area contributed by atoms with Crippen LogP contribution in [0.1, 0.15) is 27.5 Å². The number of rotatable bonds is 5. The van der Waals surface area contributed by atoms with Crippen LogP contribution in [0.25, 0.3) is 10.9 Å². The average Bonchev–Trinajstić information content (AvgIpc) is 3.25. The van der Waals surface area contributed by atoms with Gasteiger partial charge in [-0.1, -0.05) is 11.6 Å². The van der Waals surface area contributed by atoms with E-state index < -0.39 is 11.8 Å². The van der Waals surface area contributed by atoms with Crippen LogP contribution in [0.2, 0.25) is 5.02 Å². The maximum atomic E-state index is 13.5. The predicted octanol–water partition coefficient (Wildman–Crippen LogP) is 4.98. The number of aromatic amines is 1. The Hall–Kier alpha value is -3.25. The summed E-state index contributed by atoms with van der Waals surface area (Å²) in [6, 6.07) is 12.2. The highest BCUT2D eigenvalue weighted by molar-refractivity contribution is 6.30. The lowest BCUT2D eigenvalue weighted by Crippen LogP contribution is -2.15. The fourth-order valence-corrected chi connectivity index (χ4v) is 3.58. The zero-order valence-corrected chi connectivity index (χ0v) is 15.9. The summed E-state index contributed by atoms with van der Waals surface area (Å²) in [6.07, 6.45) is 1.30. The highest BCUT2D eigenvalue weighted by Gasteiger charge is 2.32. The number of nitrogens with one attached hydrogen (secondary N) is 1. The van der Waals surface area contributed by atoms with E-state index >= 15 is 0 Å². The molecule has 1 aromatic heterocycles. The van der Waals surface area contributed by atoms with Crippen LogP contribution in [0.15, 0.2) is 64.5 Å². The number of azo groups is 1. The molecule has 0 fully saturated rings. The molecule has 2 heterocycles. The highest BCUT2D eigenvalue weighted by Crippen LogP contribution is 2.39. The van der Waals surface area contributed by atoms with Gasteiger partial charge in [-0.2, -0.15) is 5.11 Å². The second-order valence-corrected chi connectivity index (χ2v) is 6.92. The van der Waals surface area contributed by atoms with E-state index in [1.807, 2.05) is 25.1 Å². The van der Waals surface area contributed by atoms with Crippen LogP contribution < -0.4 is 4.74 Å². The van der Waals surface area contributed by atoms with Gasteiger partial charge in [-0.3, -0.25) is 9.59 Å². The second kappa shape index (κ2) is 7.05. The van der Waals surface area contributed by atoms with Crippen molar-refractivity contribution in [1.29, 1.82) is 0 Å². The van der Waals surface area contributed by atoms with E-state index in [1.54, 1.807) is 31.4 Å². The van der Waals surface area contributed by atoms with Gasteiger partial charge in [-0.25, -0.2) is 0 Å². The van der Waals surface area contributed by atoms with Crippen molar-refractivity contribution in [3.63, 3.8) is 0 Å². The number of halogens is 1. The summed E-state index contributed by atoms with van der Waals surface area (Å²) in [5.41, 5.74) is 3.21. The van der Waals surface area contributed by atoms with E-state index in [4.69, 9.17) is 16.3 Å². The Morgan fingerprint density at radius 1 is 1.14 bits per heavy atom. The van der Waals surface area contributed by atoms with Gasteiger partial charge in [-0.05, 0) is 55.0 Å². The van der Waals surface area contributed by atoms with Crippen LogP contribution in [0, 0.1) is 6.92 Å². The van der Waals surface area contributed by atoms with Crippen molar-refractivity contribution in [3.8, 4) is 5.75 Å². The van der Waals surface area contributed by atoms with Gasteiger partial charge in [0.1, 0.15) is 5.75 Å². The van der Waals surface area contributed by atoms with E-state index in [9.17, 15) is 9.59 Å². The number of ketones is 1.